The van der Waals surface area contributed by atoms with Gasteiger partial charge in [-0.05, 0) is 39.7 Å². The molecule has 0 bridgehead atoms. The SMILES string of the molecule is Nc1cccc(Br)c1OCC(=O)c1cccc(C(=O)Cc2ccccc2)c1. The monoisotopic (exact) mass is 423 g/mol. The summed E-state index contributed by atoms with van der Waals surface area (Å²) >= 11 is 3.35. The summed E-state index contributed by atoms with van der Waals surface area (Å²) in [4.78, 5) is 25.0. The van der Waals surface area contributed by atoms with E-state index < -0.39 is 0 Å². The van der Waals surface area contributed by atoms with Crippen LogP contribution in [0, 0.1) is 0 Å². The number of ketones is 2. The summed E-state index contributed by atoms with van der Waals surface area (Å²) in [6.07, 6.45) is 0.294. The molecule has 0 spiro atoms. The lowest BCUT2D eigenvalue weighted by Gasteiger charge is -2.10. The third kappa shape index (κ3) is 4.83. The second kappa shape index (κ2) is 8.64. The molecular formula is C22H18BrNO3. The molecule has 3 aromatic rings. The maximum atomic E-state index is 12.5. The van der Waals surface area contributed by atoms with Crippen molar-refractivity contribution in [2.75, 3.05) is 12.3 Å². The highest BCUT2D eigenvalue weighted by molar-refractivity contribution is 9.10. The van der Waals surface area contributed by atoms with Crippen LogP contribution in [0.5, 0.6) is 5.75 Å². The van der Waals surface area contributed by atoms with Crippen molar-refractivity contribution in [3.8, 4) is 5.75 Å². The van der Waals surface area contributed by atoms with Gasteiger partial charge < -0.3 is 10.5 Å². The first-order valence-corrected chi connectivity index (χ1v) is 9.21. The zero-order valence-electron chi connectivity index (χ0n) is 14.5. The molecule has 3 rings (SSSR count). The molecule has 0 fully saturated rings. The highest BCUT2D eigenvalue weighted by Crippen LogP contribution is 2.30. The third-order valence-corrected chi connectivity index (χ3v) is 4.68. The Labute approximate surface area is 166 Å². The number of halogens is 1. The van der Waals surface area contributed by atoms with Gasteiger partial charge in [0.1, 0.15) is 0 Å². The Hall–Kier alpha value is -2.92. The summed E-state index contributed by atoms with van der Waals surface area (Å²) in [5, 5.41) is 0. The standard InChI is InChI=1S/C22H18BrNO3/c23-18-10-5-11-19(24)22(18)27-14-21(26)17-9-4-8-16(13-17)20(25)12-15-6-2-1-3-7-15/h1-11,13H,12,14,24H2. The van der Waals surface area contributed by atoms with Crippen LogP contribution in [-0.4, -0.2) is 18.2 Å². The van der Waals surface area contributed by atoms with Crippen molar-refractivity contribution in [3.63, 3.8) is 0 Å². The Morgan fingerprint density at radius 3 is 2.22 bits per heavy atom. The van der Waals surface area contributed by atoms with Crippen molar-refractivity contribution >= 4 is 33.2 Å². The smallest absolute Gasteiger partial charge is 0.200 e. The molecule has 0 saturated heterocycles. The van der Waals surface area contributed by atoms with Gasteiger partial charge in [0.25, 0.3) is 0 Å². The van der Waals surface area contributed by atoms with Crippen LogP contribution in [0.2, 0.25) is 0 Å². The normalized spacial score (nSPS) is 10.4. The predicted octanol–water partition coefficient (Wildman–Crippen LogP) is 4.72. The van der Waals surface area contributed by atoms with E-state index >= 15 is 0 Å². The summed E-state index contributed by atoms with van der Waals surface area (Å²) < 4.78 is 6.26. The number of carbonyl (C=O) groups is 2. The maximum Gasteiger partial charge on any atom is 0.200 e. The van der Waals surface area contributed by atoms with Crippen LogP contribution in [0.1, 0.15) is 26.3 Å². The number of nitrogen functional groups attached to an aromatic ring is 1. The largest absolute Gasteiger partial charge is 0.482 e. The molecule has 0 heterocycles. The van der Waals surface area contributed by atoms with Gasteiger partial charge in [0.15, 0.2) is 23.9 Å². The number of rotatable bonds is 7. The Balaban J connectivity index is 1.69. The molecule has 136 valence electrons. The number of nitrogens with two attached hydrogens (primary N) is 1. The minimum Gasteiger partial charge on any atom is -0.482 e. The summed E-state index contributed by atoms with van der Waals surface area (Å²) in [5.74, 6) is 0.175. The first-order chi connectivity index (χ1) is 13.0. The lowest BCUT2D eigenvalue weighted by molar-refractivity contribution is 0.0921. The van der Waals surface area contributed by atoms with E-state index in [9.17, 15) is 9.59 Å². The van der Waals surface area contributed by atoms with Crippen LogP contribution < -0.4 is 10.5 Å². The van der Waals surface area contributed by atoms with Gasteiger partial charge in [-0.2, -0.15) is 0 Å². The van der Waals surface area contributed by atoms with Gasteiger partial charge in [-0.1, -0.05) is 54.6 Å². The zero-order valence-corrected chi connectivity index (χ0v) is 16.1. The van der Waals surface area contributed by atoms with Crippen molar-refractivity contribution in [3.05, 3.63) is 94.0 Å². The number of hydrogen-bond donors (Lipinski definition) is 1. The minimum atomic E-state index is -0.223. The van der Waals surface area contributed by atoms with Gasteiger partial charge in [-0.15, -0.1) is 0 Å². The molecule has 0 radical (unpaired) electrons. The number of para-hydroxylation sites is 1. The maximum absolute atomic E-state index is 12.5. The minimum absolute atomic E-state index is 0.0354. The number of hydrogen-bond acceptors (Lipinski definition) is 4. The summed E-state index contributed by atoms with van der Waals surface area (Å²) in [5.41, 5.74) is 8.19. The average Bonchev–Trinajstić information content (AvgIpc) is 2.68. The predicted molar refractivity (Wildman–Crippen MR) is 109 cm³/mol. The first-order valence-electron chi connectivity index (χ1n) is 8.42. The summed E-state index contributed by atoms with van der Waals surface area (Å²) in [6.45, 7) is -0.164. The van der Waals surface area contributed by atoms with Crippen LogP contribution >= 0.6 is 15.9 Å². The number of benzene rings is 3. The van der Waals surface area contributed by atoms with Crippen LogP contribution in [-0.2, 0) is 6.42 Å². The number of anilines is 1. The second-order valence-corrected chi connectivity index (χ2v) is 6.89. The molecule has 0 unspecified atom stereocenters. The fraction of sp³-hybridized carbons (Fsp3) is 0.0909. The van der Waals surface area contributed by atoms with Gasteiger partial charge in [0, 0.05) is 17.5 Å². The Bertz CT molecular complexity index is 950. The highest BCUT2D eigenvalue weighted by Gasteiger charge is 2.13. The van der Waals surface area contributed by atoms with Crippen molar-refractivity contribution in [2.45, 2.75) is 6.42 Å². The van der Waals surface area contributed by atoms with Crippen molar-refractivity contribution in [2.24, 2.45) is 0 Å². The van der Waals surface area contributed by atoms with Gasteiger partial charge >= 0.3 is 0 Å². The molecule has 0 amide bonds. The molecule has 0 aliphatic rings. The van der Waals surface area contributed by atoms with E-state index in [4.69, 9.17) is 10.5 Å². The molecule has 0 aromatic heterocycles. The fourth-order valence-corrected chi connectivity index (χ4v) is 3.14. The molecule has 0 aliphatic carbocycles. The van der Waals surface area contributed by atoms with Gasteiger partial charge in [0.05, 0.1) is 10.2 Å². The molecule has 27 heavy (non-hydrogen) atoms. The van der Waals surface area contributed by atoms with Crippen molar-refractivity contribution in [1.29, 1.82) is 0 Å². The van der Waals surface area contributed by atoms with Crippen LogP contribution in [0.4, 0.5) is 5.69 Å². The van der Waals surface area contributed by atoms with Gasteiger partial charge in [0.2, 0.25) is 0 Å². The molecule has 2 N–H and O–H groups in total. The molecule has 5 heteroatoms. The van der Waals surface area contributed by atoms with Crippen LogP contribution in [0.15, 0.2) is 77.3 Å². The lowest BCUT2D eigenvalue weighted by atomic mass is 10.00. The molecule has 0 saturated carbocycles. The van der Waals surface area contributed by atoms with Crippen molar-refractivity contribution < 1.29 is 14.3 Å². The van der Waals surface area contributed by atoms with Crippen LogP contribution in [0.25, 0.3) is 0 Å². The number of Topliss-reactive ketones (excluding diaryl/α,β-unsaturated/α-hetero) is 2. The zero-order chi connectivity index (χ0) is 19.2. The second-order valence-electron chi connectivity index (χ2n) is 6.04. The average molecular weight is 424 g/mol. The van der Waals surface area contributed by atoms with Gasteiger partial charge in [-0.25, -0.2) is 0 Å². The lowest BCUT2D eigenvalue weighted by Crippen LogP contribution is -2.13. The molecule has 4 nitrogen and oxygen atoms in total. The van der Waals surface area contributed by atoms with E-state index in [1.54, 1.807) is 42.5 Å². The number of carbonyl (C=O) groups excluding carboxylic acids is 2. The Morgan fingerprint density at radius 2 is 1.52 bits per heavy atom. The van der Waals surface area contributed by atoms with E-state index in [-0.39, 0.29) is 18.2 Å². The first kappa shape index (κ1) is 18.9. The van der Waals surface area contributed by atoms with E-state index in [1.165, 1.54) is 0 Å². The Morgan fingerprint density at radius 1 is 0.852 bits per heavy atom. The third-order valence-electron chi connectivity index (χ3n) is 4.06. The highest BCUT2D eigenvalue weighted by atomic mass is 79.9. The van der Waals surface area contributed by atoms with Crippen molar-refractivity contribution in [1.82, 2.24) is 0 Å². The molecule has 0 atom stereocenters. The molecular weight excluding hydrogens is 406 g/mol. The molecule has 3 aromatic carbocycles. The van der Waals surface area contributed by atoms with E-state index in [1.807, 2.05) is 30.3 Å². The van der Waals surface area contributed by atoms with E-state index in [2.05, 4.69) is 15.9 Å². The summed E-state index contributed by atoms with van der Waals surface area (Å²) in [6, 6.07) is 21.5. The number of ether oxygens (including phenoxy) is 1. The van der Waals surface area contributed by atoms with Gasteiger partial charge in [-0.3, -0.25) is 9.59 Å². The molecule has 0 aliphatic heterocycles. The Kier molecular flexibility index (Phi) is 6.04. The topological polar surface area (TPSA) is 69.4 Å². The fourth-order valence-electron chi connectivity index (χ4n) is 2.65. The van der Waals surface area contributed by atoms with Crippen LogP contribution in [0.3, 0.4) is 0 Å². The van der Waals surface area contributed by atoms with E-state index in [0.717, 1.165) is 5.56 Å². The summed E-state index contributed by atoms with van der Waals surface area (Å²) in [7, 11) is 0. The quantitative estimate of drug-likeness (QED) is 0.440. The van der Waals surface area contributed by atoms with E-state index in [0.29, 0.717) is 33.5 Å².